The second-order valence-electron chi connectivity index (χ2n) is 9.31. The Kier molecular flexibility index (Phi) is 4.77. The molecule has 3 aliphatic heterocycles. The normalized spacial score (nSPS) is 35.0. The van der Waals surface area contributed by atoms with Crippen molar-refractivity contribution in [2.24, 2.45) is 17.8 Å². The van der Waals surface area contributed by atoms with Gasteiger partial charge in [0.1, 0.15) is 5.82 Å². The molecule has 28 heavy (non-hydrogen) atoms. The third-order valence-corrected chi connectivity index (χ3v) is 7.68. The summed E-state index contributed by atoms with van der Waals surface area (Å²) in [6.07, 6.45) is 13.2. The smallest absolute Gasteiger partial charge is 0.223 e. The predicted octanol–water partition coefficient (Wildman–Crippen LogP) is 2.86. The van der Waals surface area contributed by atoms with Gasteiger partial charge in [0.15, 0.2) is 0 Å². The van der Waals surface area contributed by atoms with Crippen LogP contribution in [0.5, 0.6) is 0 Å². The third kappa shape index (κ3) is 3.10. The van der Waals surface area contributed by atoms with Crippen molar-refractivity contribution in [2.75, 3.05) is 24.5 Å². The minimum atomic E-state index is -0.0493. The molecule has 4 heterocycles. The highest BCUT2D eigenvalue weighted by Crippen LogP contribution is 2.55. The molecule has 5 rings (SSSR count). The van der Waals surface area contributed by atoms with Crippen molar-refractivity contribution in [1.29, 1.82) is 0 Å². The average Bonchev–Trinajstić information content (AvgIpc) is 3.27. The number of rotatable bonds is 4. The Bertz CT molecular complexity index is 733. The first-order chi connectivity index (χ1) is 13.7. The number of carbonyl (C=O) groups is 1. The van der Waals surface area contributed by atoms with Crippen LogP contribution in [0.2, 0.25) is 0 Å². The Morgan fingerprint density at radius 3 is 2.79 bits per heavy atom. The summed E-state index contributed by atoms with van der Waals surface area (Å²) in [6, 6.07) is 0. The predicted molar refractivity (Wildman–Crippen MR) is 107 cm³/mol. The molecule has 1 aromatic rings. The fourth-order valence-corrected chi connectivity index (χ4v) is 6.24. The largest absolute Gasteiger partial charge is 0.369 e. The summed E-state index contributed by atoms with van der Waals surface area (Å²) in [7, 11) is 0. The zero-order valence-electron chi connectivity index (χ0n) is 16.9. The van der Waals surface area contributed by atoms with Crippen LogP contribution in [0.15, 0.2) is 12.4 Å². The van der Waals surface area contributed by atoms with Crippen molar-refractivity contribution in [3.8, 4) is 0 Å². The standard InChI is InChI=1S/C22H32N4O2/c1-15-20(24-11-10-23-15)26-13-18-17(19-8-9-22(18,14-26)28-19)12-25-21(27)16-6-4-2-3-5-7-16/h10-11,16-19H,2-9,12-14H2,1H3,(H,25,27)/t17-,18+,19+,22+/m0/s1. The van der Waals surface area contributed by atoms with Gasteiger partial charge in [0.05, 0.1) is 17.4 Å². The van der Waals surface area contributed by atoms with Crippen LogP contribution in [-0.4, -0.2) is 47.2 Å². The SMILES string of the molecule is Cc1nccnc1N1C[C@@H]2[C@H](CNC(=O)C3CCCCCC3)[C@H]3CC[C@]2(C1)O3. The number of amides is 1. The molecule has 1 spiro atoms. The minimum absolute atomic E-state index is 0.0493. The van der Waals surface area contributed by atoms with E-state index < -0.39 is 0 Å². The van der Waals surface area contributed by atoms with Crippen molar-refractivity contribution in [3.63, 3.8) is 0 Å². The van der Waals surface area contributed by atoms with Crippen molar-refractivity contribution >= 4 is 11.7 Å². The lowest BCUT2D eigenvalue weighted by Crippen LogP contribution is -2.43. The molecule has 1 aromatic heterocycles. The first kappa shape index (κ1) is 18.3. The van der Waals surface area contributed by atoms with Crippen LogP contribution in [0.1, 0.15) is 57.1 Å². The highest BCUT2D eigenvalue weighted by Gasteiger charge is 2.63. The molecule has 0 aromatic carbocycles. The molecule has 6 nitrogen and oxygen atoms in total. The van der Waals surface area contributed by atoms with Crippen LogP contribution >= 0.6 is 0 Å². The minimum Gasteiger partial charge on any atom is -0.369 e. The molecule has 1 N–H and O–H groups in total. The average molecular weight is 385 g/mol. The summed E-state index contributed by atoms with van der Waals surface area (Å²) in [4.78, 5) is 24.1. The molecule has 1 amide bonds. The second-order valence-corrected chi connectivity index (χ2v) is 9.31. The van der Waals surface area contributed by atoms with E-state index in [1.807, 2.05) is 6.92 Å². The summed E-state index contributed by atoms with van der Waals surface area (Å²) in [6.45, 7) is 4.65. The number of hydrogen-bond donors (Lipinski definition) is 1. The summed E-state index contributed by atoms with van der Waals surface area (Å²) in [5, 5.41) is 3.32. The summed E-state index contributed by atoms with van der Waals surface area (Å²) in [5.41, 5.74) is 0.929. The topological polar surface area (TPSA) is 67.4 Å². The van der Waals surface area contributed by atoms with E-state index in [1.54, 1.807) is 12.4 Å². The fourth-order valence-electron chi connectivity index (χ4n) is 6.24. The van der Waals surface area contributed by atoms with E-state index in [2.05, 4.69) is 20.2 Å². The maximum absolute atomic E-state index is 12.8. The van der Waals surface area contributed by atoms with Crippen LogP contribution in [-0.2, 0) is 9.53 Å². The van der Waals surface area contributed by atoms with Crippen molar-refractivity contribution < 1.29 is 9.53 Å². The Labute approximate surface area is 167 Å². The highest BCUT2D eigenvalue weighted by molar-refractivity contribution is 5.78. The lowest BCUT2D eigenvalue weighted by molar-refractivity contribution is -0.125. The summed E-state index contributed by atoms with van der Waals surface area (Å²) < 4.78 is 6.54. The second kappa shape index (κ2) is 7.29. The highest BCUT2D eigenvalue weighted by atomic mass is 16.5. The molecule has 4 fully saturated rings. The van der Waals surface area contributed by atoms with E-state index >= 15 is 0 Å². The summed E-state index contributed by atoms with van der Waals surface area (Å²) in [5.74, 6) is 2.38. The lowest BCUT2D eigenvalue weighted by Gasteiger charge is -2.29. The monoisotopic (exact) mass is 384 g/mol. The number of fused-ring (bicyclic) bond motifs is 1. The summed E-state index contributed by atoms with van der Waals surface area (Å²) >= 11 is 0. The van der Waals surface area contributed by atoms with Gasteiger partial charge in [0.25, 0.3) is 0 Å². The van der Waals surface area contributed by atoms with Gasteiger partial charge < -0.3 is 15.0 Å². The number of aryl methyl sites for hydroxylation is 1. The zero-order valence-corrected chi connectivity index (χ0v) is 16.9. The maximum Gasteiger partial charge on any atom is 0.223 e. The van der Waals surface area contributed by atoms with E-state index in [0.717, 1.165) is 56.8 Å². The van der Waals surface area contributed by atoms with Gasteiger partial charge >= 0.3 is 0 Å². The van der Waals surface area contributed by atoms with Crippen molar-refractivity contribution in [3.05, 3.63) is 18.1 Å². The number of ether oxygens (including phenoxy) is 1. The quantitative estimate of drug-likeness (QED) is 0.809. The van der Waals surface area contributed by atoms with Crippen LogP contribution in [0.3, 0.4) is 0 Å². The van der Waals surface area contributed by atoms with Crippen LogP contribution in [0.4, 0.5) is 5.82 Å². The number of nitrogens with zero attached hydrogens (tertiary/aromatic N) is 3. The zero-order chi connectivity index (χ0) is 19.1. The Balaban J connectivity index is 1.25. The molecular formula is C22H32N4O2. The van der Waals surface area contributed by atoms with Crippen LogP contribution in [0.25, 0.3) is 0 Å². The van der Waals surface area contributed by atoms with Gasteiger partial charge in [-0.15, -0.1) is 0 Å². The van der Waals surface area contributed by atoms with Gasteiger partial charge in [0, 0.05) is 49.8 Å². The molecule has 4 aliphatic rings. The van der Waals surface area contributed by atoms with E-state index in [1.165, 1.54) is 25.7 Å². The van der Waals surface area contributed by atoms with Gasteiger partial charge in [-0.05, 0) is 32.6 Å². The van der Waals surface area contributed by atoms with E-state index in [4.69, 9.17) is 4.74 Å². The number of anilines is 1. The maximum atomic E-state index is 12.8. The number of aromatic nitrogens is 2. The van der Waals surface area contributed by atoms with E-state index in [-0.39, 0.29) is 17.4 Å². The molecule has 152 valence electrons. The number of carbonyl (C=O) groups excluding carboxylic acids is 1. The molecule has 0 radical (unpaired) electrons. The molecular weight excluding hydrogens is 352 g/mol. The van der Waals surface area contributed by atoms with E-state index in [9.17, 15) is 4.79 Å². The molecule has 2 bridgehead atoms. The Morgan fingerprint density at radius 2 is 2.00 bits per heavy atom. The van der Waals surface area contributed by atoms with Gasteiger partial charge in [-0.2, -0.15) is 0 Å². The van der Waals surface area contributed by atoms with E-state index in [0.29, 0.717) is 17.9 Å². The molecule has 4 atom stereocenters. The van der Waals surface area contributed by atoms with Crippen molar-refractivity contribution in [1.82, 2.24) is 15.3 Å². The lowest BCUT2D eigenvalue weighted by atomic mass is 9.73. The van der Waals surface area contributed by atoms with Gasteiger partial charge in [-0.1, -0.05) is 25.7 Å². The first-order valence-corrected chi connectivity index (χ1v) is 11.1. The Hall–Kier alpha value is -1.69. The first-order valence-electron chi connectivity index (χ1n) is 11.1. The van der Waals surface area contributed by atoms with Crippen molar-refractivity contribution in [2.45, 2.75) is 70.0 Å². The third-order valence-electron chi connectivity index (χ3n) is 7.68. The van der Waals surface area contributed by atoms with Crippen LogP contribution in [0, 0.1) is 24.7 Å². The molecule has 1 aliphatic carbocycles. The van der Waals surface area contributed by atoms with Crippen LogP contribution < -0.4 is 10.2 Å². The molecule has 0 unspecified atom stereocenters. The molecule has 6 heteroatoms. The number of hydrogen-bond acceptors (Lipinski definition) is 5. The number of nitrogens with one attached hydrogen (secondary N) is 1. The molecule has 1 saturated carbocycles. The van der Waals surface area contributed by atoms with Gasteiger partial charge in [-0.25, -0.2) is 4.98 Å². The Morgan fingerprint density at radius 1 is 1.21 bits per heavy atom. The van der Waals surface area contributed by atoms with Gasteiger partial charge in [-0.3, -0.25) is 9.78 Å². The molecule has 3 saturated heterocycles. The van der Waals surface area contributed by atoms with Gasteiger partial charge in [0.2, 0.25) is 5.91 Å². The fraction of sp³-hybridized carbons (Fsp3) is 0.773.